The SMILES string of the molecule is C=CCc1cc(/C=C2\NC(=O)N(Cc3ccc(C(=O)OC)o3)C2=O)cc(OCC)c1OCc1ccc(Cl)c(Cl)c1. The molecule has 1 fully saturated rings. The molecule has 40 heavy (non-hydrogen) atoms. The average molecular weight is 585 g/mol. The van der Waals surface area contributed by atoms with Crippen molar-refractivity contribution in [1.29, 1.82) is 0 Å². The number of imide groups is 1. The summed E-state index contributed by atoms with van der Waals surface area (Å²) in [7, 11) is 1.23. The fourth-order valence-electron chi connectivity index (χ4n) is 4.00. The van der Waals surface area contributed by atoms with E-state index in [1.807, 2.05) is 19.1 Å². The van der Waals surface area contributed by atoms with Gasteiger partial charge in [-0.15, -0.1) is 6.58 Å². The van der Waals surface area contributed by atoms with Crippen LogP contribution in [0.2, 0.25) is 10.0 Å². The predicted octanol–water partition coefficient (Wildman–Crippen LogP) is 6.17. The number of amides is 3. The van der Waals surface area contributed by atoms with Crippen molar-refractivity contribution in [3.63, 3.8) is 0 Å². The van der Waals surface area contributed by atoms with Crippen LogP contribution in [0.15, 0.2) is 65.2 Å². The van der Waals surface area contributed by atoms with E-state index in [1.165, 1.54) is 19.2 Å². The zero-order valence-electron chi connectivity index (χ0n) is 21.8. The summed E-state index contributed by atoms with van der Waals surface area (Å²) < 4.78 is 22.0. The second kappa shape index (κ2) is 12.8. The minimum atomic E-state index is -0.658. The summed E-state index contributed by atoms with van der Waals surface area (Å²) in [5, 5.41) is 3.46. The molecule has 1 aliphatic heterocycles. The Labute approximate surface area is 240 Å². The molecule has 11 heteroatoms. The lowest BCUT2D eigenvalue weighted by atomic mass is 10.0. The highest BCUT2D eigenvalue weighted by molar-refractivity contribution is 6.42. The average Bonchev–Trinajstić information content (AvgIpc) is 3.50. The Balaban J connectivity index is 1.59. The van der Waals surface area contributed by atoms with Crippen molar-refractivity contribution in [2.75, 3.05) is 13.7 Å². The number of urea groups is 1. The highest BCUT2D eigenvalue weighted by atomic mass is 35.5. The molecule has 2 heterocycles. The Hall–Kier alpha value is -4.21. The number of carbonyl (C=O) groups is 3. The summed E-state index contributed by atoms with van der Waals surface area (Å²) in [6.45, 7) is 6.11. The predicted molar refractivity (Wildman–Crippen MR) is 149 cm³/mol. The summed E-state index contributed by atoms with van der Waals surface area (Å²) in [5.74, 6) is 0.00416. The van der Waals surface area contributed by atoms with Crippen LogP contribution in [-0.2, 0) is 29.1 Å². The number of benzene rings is 2. The van der Waals surface area contributed by atoms with Crippen LogP contribution in [0.5, 0.6) is 11.5 Å². The number of allylic oxidation sites excluding steroid dienone is 1. The number of rotatable bonds is 11. The first kappa shape index (κ1) is 28.8. The van der Waals surface area contributed by atoms with Gasteiger partial charge in [-0.3, -0.25) is 9.69 Å². The summed E-state index contributed by atoms with van der Waals surface area (Å²) in [5.41, 5.74) is 2.27. The van der Waals surface area contributed by atoms with Crippen molar-refractivity contribution >= 4 is 47.2 Å². The number of nitrogens with one attached hydrogen (secondary N) is 1. The number of methoxy groups -OCH3 is 1. The van der Waals surface area contributed by atoms with E-state index in [2.05, 4.69) is 16.6 Å². The number of esters is 1. The van der Waals surface area contributed by atoms with Gasteiger partial charge in [0.25, 0.3) is 5.91 Å². The van der Waals surface area contributed by atoms with Gasteiger partial charge >= 0.3 is 12.0 Å². The minimum absolute atomic E-state index is 0.0278. The Bertz CT molecular complexity index is 1500. The molecule has 3 amide bonds. The second-order valence-corrected chi connectivity index (χ2v) is 9.42. The maximum atomic E-state index is 13.1. The Morgan fingerprint density at radius 1 is 1.10 bits per heavy atom. The molecule has 4 rings (SSSR count). The van der Waals surface area contributed by atoms with Crippen molar-refractivity contribution in [2.24, 2.45) is 0 Å². The number of hydrogen-bond donors (Lipinski definition) is 1. The minimum Gasteiger partial charge on any atom is -0.490 e. The van der Waals surface area contributed by atoms with Gasteiger partial charge in [-0.1, -0.05) is 35.3 Å². The van der Waals surface area contributed by atoms with Gasteiger partial charge < -0.3 is 23.9 Å². The molecule has 0 saturated carbocycles. The van der Waals surface area contributed by atoms with Crippen LogP contribution in [0, 0.1) is 0 Å². The third kappa shape index (κ3) is 6.50. The summed E-state index contributed by atoms with van der Waals surface area (Å²) in [4.78, 5) is 38.3. The van der Waals surface area contributed by atoms with Crippen LogP contribution in [0.4, 0.5) is 4.79 Å². The van der Waals surface area contributed by atoms with Crippen molar-refractivity contribution < 1.29 is 33.0 Å². The van der Waals surface area contributed by atoms with E-state index in [4.69, 9.17) is 37.1 Å². The largest absolute Gasteiger partial charge is 0.490 e. The van der Waals surface area contributed by atoms with E-state index in [-0.39, 0.29) is 30.4 Å². The normalized spacial score (nSPS) is 13.9. The highest BCUT2D eigenvalue weighted by Crippen LogP contribution is 2.36. The molecule has 2 aromatic carbocycles. The van der Waals surface area contributed by atoms with E-state index in [9.17, 15) is 14.4 Å². The van der Waals surface area contributed by atoms with Crippen molar-refractivity contribution in [1.82, 2.24) is 10.2 Å². The molecule has 0 aliphatic carbocycles. The quantitative estimate of drug-likeness (QED) is 0.124. The van der Waals surface area contributed by atoms with Gasteiger partial charge in [0.15, 0.2) is 11.5 Å². The van der Waals surface area contributed by atoms with Gasteiger partial charge in [-0.05, 0) is 66.9 Å². The number of ether oxygens (including phenoxy) is 3. The first-order valence-corrected chi connectivity index (χ1v) is 13.0. The number of hydrogen-bond acceptors (Lipinski definition) is 7. The summed E-state index contributed by atoms with van der Waals surface area (Å²) >= 11 is 12.2. The molecule has 0 bridgehead atoms. The first-order chi connectivity index (χ1) is 19.2. The lowest BCUT2D eigenvalue weighted by Gasteiger charge is -2.17. The topological polar surface area (TPSA) is 107 Å². The standard InChI is InChI=1S/C29H26Cl2N2O7/c1-4-6-19-11-18(14-25(38-5-2)26(19)39-16-17-7-9-21(30)22(31)12-17)13-23-27(34)33(29(36)32-23)15-20-8-10-24(40-20)28(35)37-3/h4,7-14H,1,5-6,15-16H2,2-3H3,(H,32,36)/b23-13-. The summed E-state index contributed by atoms with van der Waals surface area (Å²) in [6, 6.07) is 11.1. The van der Waals surface area contributed by atoms with Crippen LogP contribution >= 0.6 is 23.2 Å². The second-order valence-electron chi connectivity index (χ2n) is 8.61. The van der Waals surface area contributed by atoms with E-state index in [0.717, 1.165) is 16.0 Å². The van der Waals surface area contributed by atoms with Gasteiger partial charge in [0.2, 0.25) is 5.76 Å². The molecule has 1 aromatic heterocycles. The van der Waals surface area contributed by atoms with Gasteiger partial charge in [0.1, 0.15) is 18.1 Å². The Kier molecular flexibility index (Phi) is 9.19. The molecule has 0 atom stereocenters. The highest BCUT2D eigenvalue weighted by Gasteiger charge is 2.34. The number of furan rings is 1. The molecular formula is C29H26Cl2N2O7. The van der Waals surface area contributed by atoms with Crippen molar-refractivity contribution in [2.45, 2.75) is 26.5 Å². The molecule has 208 valence electrons. The lowest BCUT2D eigenvalue weighted by Crippen LogP contribution is -2.30. The zero-order chi connectivity index (χ0) is 28.8. The third-order valence-corrected chi connectivity index (χ3v) is 6.56. The molecule has 0 spiro atoms. The van der Waals surface area contributed by atoms with Crippen molar-refractivity contribution in [3.8, 4) is 11.5 Å². The molecule has 1 saturated heterocycles. The number of nitrogens with zero attached hydrogens (tertiary/aromatic N) is 1. The van der Waals surface area contributed by atoms with E-state index in [0.29, 0.717) is 40.1 Å². The van der Waals surface area contributed by atoms with Crippen LogP contribution in [0.1, 0.15) is 39.9 Å². The van der Waals surface area contributed by atoms with Crippen molar-refractivity contribution in [3.05, 3.63) is 99.1 Å². The summed E-state index contributed by atoms with van der Waals surface area (Å²) in [6.07, 6.45) is 3.74. The molecular weight excluding hydrogens is 559 g/mol. The fraction of sp³-hybridized carbons (Fsp3) is 0.207. The van der Waals surface area contributed by atoms with Crippen LogP contribution in [0.25, 0.3) is 6.08 Å². The molecule has 0 radical (unpaired) electrons. The van der Waals surface area contributed by atoms with E-state index in [1.54, 1.807) is 30.4 Å². The monoisotopic (exact) mass is 584 g/mol. The van der Waals surface area contributed by atoms with E-state index < -0.39 is 17.9 Å². The van der Waals surface area contributed by atoms with Gasteiger partial charge in [-0.2, -0.15) is 0 Å². The zero-order valence-corrected chi connectivity index (χ0v) is 23.3. The molecule has 3 aromatic rings. The third-order valence-electron chi connectivity index (χ3n) is 5.82. The maximum absolute atomic E-state index is 13.1. The molecule has 9 nitrogen and oxygen atoms in total. The molecule has 0 unspecified atom stereocenters. The Morgan fingerprint density at radius 3 is 2.60 bits per heavy atom. The number of halogens is 2. The first-order valence-electron chi connectivity index (χ1n) is 12.2. The van der Waals surface area contributed by atoms with E-state index >= 15 is 0 Å². The molecule has 1 N–H and O–H groups in total. The maximum Gasteiger partial charge on any atom is 0.373 e. The van der Waals surface area contributed by atoms with Gasteiger partial charge in [-0.25, -0.2) is 9.59 Å². The van der Waals surface area contributed by atoms with Crippen LogP contribution in [-0.4, -0.2) is 36.5 Å². The fourth-order valence-corrected chi connectivity index (χ4v) is 4.32. The van der Waals surface area contributed by atoms with Gasteiger partial charge in [0, 0.05) is 5.56 Å². The molecule has 1 aliphatic rings. The number of carbonyl (C=O) groups excluding carboxylic acids is 3. The van der Waals surface area contributed by atoms with Crippen LogP contribution < -0.4 is 14.8 Å². The lowest BCUT2D eigenvalue weighted by molar-refractivity contribution is -0.123. The van der Waals surface area contributed by atoms with Gasteiger partial charge in [0.05, 0.1) is 30.3 Å². The smallest absolute Gasteiger partial charge is 0.373 e. The Morgan fingerprint density at radius 2 is 1.90 bits per heavy atom. The van der Waals surface area contributed by atoms with Crippen LogP contribution in [0.3, 0.4) is 0 Å².